The first-order valence-electron chi connectivity index (χ1n) is 12.2. The van der Waals surface area contributed by atoms with Crippen LogP contribution in [0.2, 0.25) is 0 Å². The maximum absolute atomic E-state index is 13.5. The first-order valence-corrected chi connectivity index (χ1v) is 13.7. The second-order valence-electron chi connectivity index (χ2n) is 9.14. The standard InChI is InChI=1S/C23H38N6O5S/c1-16(2)34-22(20-15-24-17(3)14-25-20)18(4)35(30,31)28-23-27-26-21(8-6-7-11-32-5)29(23)19-9-12-33-13-10-19/h14-16,18-19,22H,6-13H2,1-5H3,(H,27,28)/t18-,22+/m0/s1. The molecule has 35 heavy (non-hydrogen) atoms. The Morgan fingerprint density at radius 2 is 1.89 bits per heavy atom. The van der Waals surface area contributed by atoms with E-state index in [0.717, 1.165) is 37.2 Å². The van der Waals surface area contributed by atoms with Gasteiger partial charge in [-0.15, -0.1) is 10.2 Å². The van der Waals surface area contributed by atoms with Gasteiger partial charge < -0.3 is 14.2 Å². The van der Waals surface area contributed by atoms with Crippen LogP contribution in [-0.2, 0) is 30.7 Å². The SMILES string of the molecule is COCCCCc1nnc(NS(=O)(=O)[C@@H](C)[C@@H](OC(C)C)c2cnc(C)cn2)n1C1CCOCC1. The molecule has 0 radical (unpaired) electrons. The number of ether oxygens (including phenoxy) is 3. The number of anilines is 1. The predicted octanol–water partition coefficient (Wildman–Crippen LogP) is 2.99. The van der Waals surface area contributed by atoms with Crippen LogP contribution in [0, 0.1) is 6.92 Å². The molecule has 0 bridgehead atoms. The van der Waals surface area contributed by atoms with E-state index in [0.29, 0.717) is 31.9 Å². The Hall–Kier alpha value is -2.15. The quantitative estimate of drug-likeness (QED) is 0.404. The highest BCUT2D eigenvalue weighted by atomic mass is 32.2. The van der Waals surface area contributed by atoms with Crippen LogP contribution in [0.3, 0.4) is 0 Å². The number of unbranched alkanes of at least 4 members (excludes halogenated alkanes) is 1. The zero-order valence-corrected chi connectivity index (χ0v) is 22.1. The average Bonchev–Trinajstić information content (AvgIpc) is 3.22. The van der Waals surface area contributed by atoms with Gasteiger partial charge in [0.2, 0.25) is 16.0 Å². The monoisotopic (exact) mass is 510 g/mol. The average molecular weight is 511 g/mol. The predicted molar refractivity (Wildman–Crippen MR) is 132 cm³/mol. The van der Waals surface area contributed by atoms with Crippen LogP contribution < -0.4 is 4.72 Å². The Labute approximate surface area is 208 Å². The molecule has 3 heterocycles. The number of sulfonamides is 1. The molecular weight excluding hydrogens is 472 g/mol. The van der Waals surface area contributed by atoms with E-state index in [9.17, 15) is 8.42 Å². The highest BCUT2D eigenvalue weighted by molar-refractivity contribution is 7.93. The summed E-state index contributed by atoms with van der Waals surface area (Å²) in [4.78, 5) is 8.65. The summed E-state index contributed by atoms with van der Waals surface area (Å²) in [5, 5.41) is 7.64. The lowest BCUT2D eigenvalue weighted by Gasteiger charge is -2.28. The Kier molecular flexibility index (Phi) is 9.96. The maximum Gasteiger partial charge on any atom is 0.240 e. The second kappa shape index (κ2) is 12.7. The van der Waals surface area contributed by atoms with Gasteiger partial charge in [-0.3, -0.25) is 19.3 Å². The smallest absolute Gasteiger partial charge is 0.240 e. The molecule has 3 rings (SSSR count). The van der Waals surface area contributed by atoms with Crippen molar-refractivity contribution in [1.29, 1.82) is 0 Å². The van der Waals surface area contributed by atoms with Crippen molar-refractivity contribution in [2.24, 2.45) is 0 Å². The lowest BCUT2D eigenvalue weighted by Crippen LogP contribution is -2.35. The Balaban J connectivity index is 1.86. The van der Waals surface area contributed by atoms with Crippen LogP contribution in [0.5, 0.6) is 0 Å². The maximum atomic E-state index is 13.5. The number of aryl methyl sites for hydroxylation is 2. The van der Waals surface area contributed by atoms with Gasteiger partial charge in [-0.25, -0.2) is 8.42 Å². The zero-order chi connectivity index (χ0) is 25.4. The van der Waals surface area contributed by atoms with E-state index < -0.39 is 21.4 Å². The van der Waals surface area contributed by atoms with E-state index in [1.54, 1.807) is 26.4 Å². The summed E-state index contributed by atoms with van der Waals surface area (Å²) in [7, 11) is -2.23. The Bertz CT molecular complexity index is 1020. The van der Waals surface area contributed by atoms with Gasteiger partial charge in [0.05, 0.1) is 23.7 Å². The fraction of sp³-hybridized carbons (Fsp3) is 0.739. The van der Waals surface area contributed by atoms with Gasteiger partial charge in [-0.2, -0.15) is 0 Å². The van der Waals surface area contributed by atoms with E-state index in [2.05, 4.69) is 24.9 Å². The number of hydrogen-bond acceptors (Lipinski definition) is 9. The van der Waals surface area contributed by atoms with E-state index >= 15 is 0 Å². The van der Waals surface area contributed by atoms with Crippen LogP contribution >= 0.6 is 0 Å². The van der Waals surface area contributed by atoms with E-state index in [-0.39, 0.29) is 18.1 Å². The highest BCUT2D eigenvalue weighted by Crippen LogP contribution is 2.30. The third kappa shape index (κ3) is 7.42. The first-order chi connectivity index (χ1) is 16.7. The summed E-state index contributed by atoms with van der Waals surface area (Å²) in [6.45, 7) is 9.06. The van der Waals surface area contributed by atoms with Gasteiger partial charge in [0, 0.05) is 45.6 Å². The summed E-state index contributed by atoms with van der Waals surface area (Å²) in [5.41, 5.74) is 1.21. The summed E-state index contributed by atoms with van der Waals surface area (Å²) in [6, 6.07) is 0.0647. The van der Waals surface area contributed by atoms with Crippen LogP contribution in [0.1, 0.15) is 75.8 Å². The van der Waals surface area contributed by atoms with Crippen molar-refractivity contribution >= 4 is 16.0 Å². The van der Waals surface area contributed by atoms with Crippen molar-refractivity contribution in [3.05, 3.63) is 29.6 Å². The molecule has 0 amide bonds. The highest BCUT2D eigenvalue weighted by Gasteiger charge is 2.35. The zero-order valence-electron chi connectivity index (χ0n) is 21.3. The molecule has 0 aliphatic carbocycles. The summed E-state index contributed by atoms with van der Waals surface area (Å²) < 4.78 is 48.4. The minimum atomic E-state index is -3.91. The largest absolute Gasteiger partial charge is 0.385 e. The minimum absolute atomic E-state index is 0.0647. The van der Waals surface area contributed by atoms with Crippen molar-refractivity contribution in [3.8, 4) is 0 Å². The lowest BCUT2D eigenvalue weighted by molar-refractivity contribution is 0.00394. The molecule has 1 fully saturated rings. The van der Waals surface area contributed by atoms with Crippen molar-refractivity contribution in [2.75, 3.05) is 31.7 Å². The van der Waals surface area contributed by atoms with Crippen LogP contribution in [0.15, 0.2) is 12.4 Å². The topological polar surface area (TPSA) is 130 Å². The molecule has 0 saturated carbocycles. The van der Waals surface area contributed by atoms with Crippen molar-refractivity contribution in [3.63, 3.8) is 0 Å². The molecule has 1 saturated heterocycles. The number of aromatic nitrogens is 5. The Morgan fingerprint density at radius 3 is 2.51 bits per heavy atom. The van der Waals surface area contributed by atoms with Crippen LogP contribution in [0.4, 0.5) is 5.95 Å². The lowest BCUT2D eigenvalue weighted by atomic mass is 10.1. The van der Waals surface area contributed by atoms with Gasteiger partial charge in [0.25, 0.3) is 0 Å². The van der Waals surface area contributed by atoms with Gasteiger partial charge in [0.1, 0.15) is 17.2 Å². The number of nitrogens with zero attached hydrogens (tertiary/aromatic N) is 5. The molecule has 2 aromatic heterocycles. The molecule has 0 unspecified atom stereocenters. The summed E-state index contributed by atoms with van der Waals surface area (Å²) in [6.07, 6.45) is 6.15. The molecule has 12 heteroatoms. The summed E-state index contributed by atoms with van der Waals surface area (Å²) >= 11 is 0. The molecular formula is C23H38N6O5S. The second-order valence-corrected chi connectivity index (χ2v) is 11.2. The molecule has 2 atom stereocenters. The molecule has 0 aromatic carbocycles. The fourth-order valence-electron chi connectivity index (χ4n) is 4.07. The minimum Gasteiger partial charge on any atom is -0.385 e. The van der Waals surface area contributed by atoms with Gasteiger partial charge in [-0.1, -0.05) is 0 Å². The molecule has 11 nitrogen and oxygen atoms in total. The number of hydrogen-bond donors (Lipinski definition) is 1. The van der Waals surface area contributed by atoms with Crippen LogP contribution in [0.25, 0.3) is 0 Å². The van der Waals surface area contributed by atoms with Crippen molar-refractivity contribution in [1.82, 2.24) is 24.7 Å². The first kappa shape index (κ1) is 27.4. The van der Waals surface area contributed by atoms with Gasteiger partial charge >= 0.3 is 0 Å². The van der Waals surface area contributed by atoms with E-state index in [1.807, 2.05) is 25.3 Å². The van der Waals surface area contributed by atoms with E-state index in [1.165, 1.54) is 0 Å². The molecule has 0 spiro atoms. The number of rotatable bonds is 13. The van der Waals surface area contributed by atoms with E-state index in [4.69, 9.17) is 14.2 Å². The summed E-state index contributed by atoms with van der Waals surface area (Å²) in [5.74, 6) is 0.988. The molecule has 1 aliphatic rings. The fourth-order valence-corrected chi connectivity index (χ4v) is 5.18. The normalized spacial score (nSPS) is 17.0. The third-order valence-electron chi connectivity index (χ3n) is 5.98. The third-order valence-corrected chi connectivity index (χ3v) is 7.67. The Morgan fingerprint density at radius 1 is 1.14 bits per heavy atom. The van der Waals surface area contributed by atoms with Crippen molar-refractivity contribution in [2.45, 2.75) is 83.3 Å². The number of nitrogens with one attached hydrogen (secondary N) is 1. The van der Waals surface area contributed by atoms with Gasteiger partial charge in [0.15, 0.2) is 0 Å². The van der Waals surface area contributed by atoms with Crippen LogP contribution in [-0.4, -0.2) is 71.4 Å². The molecule has 1 N–H and O–H groups in total. The molecule has 196 valence electrons. The molecule has 2 aromatic rings. The van der Waals surface area contributed by atoms with Gasteiger partial charge in [-0.05, 0) is 53.4 Å². The number of methoxy groups -OCH3 is 1. The molecule has 1 aliphatic heterocycles. The van der Waals surface area contributed by atoms with Crippen molar-refractivity contribution < 1.29 is 22.6 Å².